The Hall–Kier alpha value is -4.45. The second-order valence-electron chi connectivity index (χ2n) is 9.68. The van der Waals surface area contributed by atoms with Crippen LogP contribution in [0.2, 0.25) is 0 Å². The predicted molar refractivity (Wildman–Crippen MR) is 149 cm³/mol. The summed E-state index contributed by atoms with van der Waals surface area (Å²) in [5.74, 6) is -0.346. The number of halogens is 2. The molecule has 4 heterocycles. The molecule has 5 aromatic rings. The van der Waals surface area contributed by atoms with Gasteiger partial charge in [0.05, 0.1) is 35.9 Å². The highest BCUT2D eigenvalue weighted by molar-refractivity contribution is 9.10. The van der Waals surface area contributed by atoms with E-state index in [0.29, 0.717) is 46.9 Å². The van der Waals surface area contributed by atoms with Crippen LogP contribution < -0.4 is 0 Å². The molecule has 0 saturated carbocycles. The first kappa shape index (κ1) is 25.8. The molecule has 202 valence electrons. The molecule has 1 aliphatic heterocycles. The number of H-pyrrole nitrogens is 1. The Bertz CT molecular complexity index is 1750. The summed E-state index contributed by atoms with van der Waals surface area (Å²) in [6.07, 6.45) is 1.74. The summed E-state index contributed by atoms with van der Waals surface area (Å²) < 4.78 is 15.3. The number of carbonyl (C=O) groups is 2. The maximum absolute atomic E-state index is 13.6. The number of fused-ring (bicyclic) bond motifs is 1. The number of amides is 2. The molecule has 12 heteroatoms. The first-order valence-corrected chi connectivity index (χ1v) is 13.5. The van der Waals surface area contributed by atoms with Gasteiger partial charge in [0, 0.05) is 24.2 Å². The topological polar surface area (TPSA) is 113 Å². The van der Waals surface area contributed by atoms with Crippen LogP contribution in [0.5, 0.6) is 0 Å². The largest absolute Gasteiger partial charge is 0.338 e. The summed E-state index contributed by atoms with van der Waals surface area (Å²) in [5, 5.41) is 8.30. The lowest BCUT2D eigenvalue weighted by Crippen LogP contribution is -2.51. The number of nitrogens with zero attached hydrogens (tertiary/aromatic N) is 7. The van der Waals surface area contributed by atoms with E-state index in [4.69, 9.17) is 0 Å². The molecule has 2 aromatic carbocycles. The first-order chi connectivity index (χ1) is 19.3. The highest BCUT2D eigenvalue weighted by Gasteiger charge is 2.29. The van der Waals surface area contributed by atoms with Crippen LogP contribution in [0.15, 0.2) is 65.4 Å². The summed E-state index contributed by atoms with van der Waals surface area (Å²) in [6, 6.07) is 16.2. The summed E-state index contributed by atoms with van der Waals surface area (Å²) >= 11 is 3.26. The van der Waals surface area contributed by atoms with Crippen LogP contribution in [0.4, 0.5) is 4.39 Å². The van der Waals surface area contributed by atoms with Gasteiger partial charge in [0.1, 0.15) is 22.7 Å². The van der Waals surface area contributed by atoms with E-state index in [1.807, 2.05) is 43.3 Å². The monoisotopic (exact) mass is 602 g/mol. The van der Waals surface area contributed by atoms with Crippen molar-refractivity contribution in [1.29, 1.82) is 0 Å². The number of piperazine rings is 1. The zero-order valence-corrected chi connectivity index (χ0v) is 23.1. The van der Waals surface area contributed by atoms with Crippen LogP contribution in [0.1, 0.15) is 27.2 Å². The molecule has 0 bridgehead atoms. The highest BCUT2D eigenvalue weighted by atomic mass is 79.9. The van der Waals surface area contributed by atoms with Crippen molar-refractivity contribution >= 4 is 38.8 Å². The number of hydrogen-bond donors (Lipinski definition) is 1. The van der Waals surface area contributed by atoms with Gasteiger partial charge in [-0.1, -0.05) is 29.5 Å². The molecule has 0 aliphatic carbocycles. The van der Waals surface area contributed by atoms with E-state index >= 15 is 0 Å². The number of rotatable bonds is 6. The van der Waals surface area contributed by atoms with Crippen molar-refractivity contribution in [2.45, 2.75) is 20.0 Å². The van der Waals surface area contributed by atoms with Gasteiger partial charge in [-0.3, -0.25) is 9.59 Å². The number of carbonyl (C=O) groups excluding carboxylic acids is 2. The van der Waals surface area contributed by atoms with Crippen LogP contribution >= 0.6 is 15.9 Å². The fraction of sp³-hybridized carbons (Fsp3) is 0.214. The third kappa shape index (κ3) is 5.22. The van der Waals surface area contributed by atoms with Crippen LogP contribution in [-0.4, -0.2) is 71.2 Å². The molecule has 1 fully saturated rings. The van der Waals surface area contributed by atoms with E-state index in [0.717, 1.165) is 22.2 Å². The van der Waals surface area contributed by atoms with Crippen molar-refractivity contribution in [3.8, 4) is 11.4 Å². The molecule has 40 heavy (non-hydrogen) atoms. The minimum absolute atomic E-state index is 0.0329. The number of aryl methyl sites for hydroxylation is 1. The summed E-state index contributed by atoms with van der Waals surface area (Å²) in [5.41, 5.74) is 5.39. The Labute approximate surface area is 237 Å². The van der Waals surface area contributed by atoms with E-state index < -0.39 is 5.95 Å². The maximum Gasteiger partial charge on any atom is 0.255 e. The van der Waals surface area contributed by atoms with E-state index in [9.17, 15) is 14.0 Å². The molecule has 6 rings (SSSR count). The average molecular weight is 603 g/mol. The van der Waals surface area contributed by atoms with E-state index in [2.05, 4.69) is 41.2 Å². The van der Waals surface area contributed by atoms with Gasteiger partial charge in [-0.05, 0) is 58.7 Å². The van der Waals surface area contributed by atoms with Crippen molar-refractivity contribution in [3.05, 3.63) is 93.7 Å². The van der Waals surface area contributed by atoms with Crippen LogP contribution in [-0.2, 0) is 17.9 Å². The van der Waals surface area contributed by atoms with Crippen molar-refractivity contribution in [2.24, 2.45) is 0 Å². The van der Waals surface area contributed by atoms with Gasteiger partial charge in [0.15, 0.2) is 0 Å². The number of pyridine rings is 1. The Kier molecular flexibility index (Phi) is 6.84. The molecular formula is C28H24BrFN8O2. The van der Waals surface area contributed by atoms with Gasteiger partial charge in [0.2, 0.25) is 11.9 Å². The molecular weight excluding hydrogens is 579 g/mol. The predicted octanol–water partition coefficient (Wildman–Crippen LogP) is 3.96. The standard InChI is InChI=1S/C28H24BrFN8O2/c1-17-6-8-22-23(12-17)32-27(31-22)20-4-2-3-5-21(20)28(40)37-11-10-36(25(39)16-37)14-19-15-38(35-34-19)13-18-7-9-24(30)33-26(18)29/h2-9,12,15H,10-11,13-14,16H2,1H3,(H,31,32). The summed E-state index contributed by atoms with van der Waals surface area (Å²) in [7, 11) is 0. The first-order valence-electron chi connectivity index (χ1n) is 12.7. The molecule has 3 aromatic heterocycles. The number of aromatic amines is 1. The molecule has 0 atom stereocenters. The third-order valence-electron chi connectivity index (χ3n) is 6.82. The lowest BCUT2D eigenvalue weighted by atomic mass is 10.1. The third-order valence-corrected chi connectivity index (χ3v) is 7.51. The van der Waals surface area contributed by atoms with E-state index in [1.165, 1.54) is 6.07 Å². The van der Waals surface area contributed by atoms with Gasteiger partial charge >= 0.3 is 0 Å². The number of imidazole rings is 1. The number of benzene rings is 2. The van der Waals surface area contributed by atoms with Gasteiger partial charge < -0.3 is 14.8 Å². The molecule has 0 radical (unpaired) electrons. The number of aromatic nitrogens is 6. The molecule has 1 N–H and O–H groups in total. The molecule has 2 amide bonds. The van der Waals surface area contributed by atoms with Crippen LogP contribution in [0, 0.1) is 12.9 Å². The Morgan fingerprint density at radius 1 is 1.07 bits per heavy atom. The van der Waals surface area contributed by atoms with Crippen LogP contribution in [0.25, 0.3) is 22.4 Å². The van der Waals surface area contributed by atoms with Crippen molar-refractivity contribution < 1.29 is 14.0 Å². The van der Waals surface area contributed by atoms with Crippen molar-refractivity contribution in [2.75, 3.05) is 19.6 Å². The highest BCUT2D eigenvalue weighted by Crippen LogP contribution is 2.26. The van der Waals surface area contributed by atoms with Gasteiger partial charge in [-0.15, -0.1) is 5.10 Å². The van der Waals surface area contributed by atoms with Crippen molar-refractivity contribution in [1.82, 2.24) is 39.7 Å². The average Bonchev–Trinajstić information content (AvgIpc) is 3.57. The lowest BCUT2D eigenvalue weighted by Gasteiger charge is -2.34. The van der Waals surface area contributed by atoms with Gasteiger partial charge in [-0.25, -0.2) is 14.6 Å². The number of nitrogens with one attached hydrogen (secondary N) is 1. The molecule has 0 unspecified atom stereocenters. The molecule has 0 spiro atoms. The quantitative estimate of drug-likeness (QED) is 0.294. The van der Waals surface area contributed by atoms with Crippen LogP contribution in [0.3, 0.4) is 0 Å². The zero-order chi connectivity index (χ0) is 27.8. The van der Waals surface area contributed by atoms with E-state index in [-0.39, 0.29) is 24.9 Å². The lowest BCUT2D eigenvalue weighted by molar-refractivity contribution is -0.135. The second-order valence-corrected chi connectivity index (χ2v) is 10.4. The van der Waals surface area contributed by atoms with Gasteiger partial charge in [-0.2, -0.15) is 4.39 Å². The fourth-order valence-electron chi connectivity index (χ4n) is 4.76. The normalized spacial score (nSPS) is 13.8. The smallest absolute Gasteiger partial charge is 0.255 e. The zero-order valence-electron chi connectivity index (χ0n) is 21.5. The van der Waals surface area contributed by atoms with E-state index in [1.54, 1.807) is 32.8 Å². The summed E-state index contributed by atoms with van der Waals surface area (Å²) in [6.45, 7) is 3.37. The second kappa shape index (κ2) is 10.6. The Balaban J connectivity index is 1.12. The number of hydrogen-bond acceptors (Lipinski definition) is 6. The SMILES string of the molecule is Cc1ccc2nc(-c3ccccc3C(=O)N3CCN(Cc4cn(Cc5ccc(F)nc5Br)nn4)C(=O)C3)[nH]c2c1. The minimum Gasteiger partial charge on any atom is -0.338 e. The molecule has 10 nitrogen and oxygen atoms in total. The minimum atomic E-state index is -0.570. The maximum atomic E-state index is 13.6. The summed E-state index contributed by atoms with van der Waals surface area (Å²) in [4.78, 5) is 41.6. The van der Waals surface area contributed by atoms with Gasteiger partial charge in [0.25, 0.3) is 5.91 Å². The van der Waals surface area contributed by atoms with Crippen molar-refractivity contribution in [3.63, 3.8) is 0 Å². The Morgan fingerprint density at radius 3 is 2.75 bits per heavy atom. The molecule has 1 saturated heterocycles. The fourth-order valence-corrected chi connectivity index (χ4v) is 5.19. The Morgan fingerprint density at radius 2 is 1.93 bits per heavy atom. The molecule has 1 aliphatic rings.